The molecule has 0 atom stereocenters. The van der Waals surface area contributed by atoms with Gasteiger partial charge < -0.3 is 20.7 Å². The molecule has 0 aliphatic rings. The normalized spacial score (nSPS) is 10.2. The van der Waals surface area contributed by atoms with Gasteiger partial charge in [-0.1, -0.05) is 37.3 Å². The molecule has 0 unspecified atom stereocenters. The van der Waals surface area contributed by atoms with E-state index in [0.29, 0.717) is 24.4 Å². The molecule has 6 heteroatoms. The number of anilines is 2. The Morgan fingerprint density at radius 2 is 1.52 bits per heavy atom. The largest absolute Gasteiger partial charge is 0.489 e. The fourth-order valence-electron chi connectivity index (χ4n) is 2.84. The molecule has 3 rings (SSSR count). The van der Waals surface area contributed by atoms with Crippen molar-refractivity contribution in [3.05, 3.63) is 90.0 Å². The first-order valence-corrected chi connectivity index (χ1v) is 10.3. The topological polar surface area (TPSA) is 79.5 Å². The van der Waals surface area contributed by atoms with Gasteiger partial charge in [0.25, 0.3) is 5.91 Å². The number of hydrogen-bond acceptors (Lipinski definition) is 4. The molecule has 0 bridgehead atoms. The van der Waals surface area contributed by atoms with Gasteiger partial charge in [-0.05, 0) is 60.5 Å². The van der Waals surface area contributed by atoms with Gasteiger partial charge >= 0.3 is 0 Å². The zero-order valence-corrected chi connectivity index (χ0v) is 17.6. The molecule has 0 radical (unpaired) electrons. The van der Waals surface area contributed by atoms with E-state index in [1.165, 1.54) is 0 Å². The molecule has 3 N–H and O–H groups in total. The first-order chi connectivity index (χ1) is 15.1. The third-order valence-corrected chi connectivity index (χ3v) is 4.52. The standard InChI is InChI=1S/C25H27N3O3/c1-2-16-26-25(30)20-8-10-21(11-9-20)27-17-24(29)28-22-12-14-23(15-13-22)31-18-19-6-4-3-5-7-19/h3-15,27H,2,16-18H2,1H3,(H,26,30)(H,28,29). The van der Waals surface area contributed by atoms with Gasteiger partial charge in [0, 0.05) is 23.5 Å². The van der Waals surface area contributed by atoms with Gasteiger partial charge in [-0.2, -0.15) is 0 Å². The third-order valence-electron chi connectivity index (χ3n) is 4.52. The highest BCUT2D eigenvalue weighted by molar-refractivity contribution is 5.95. The lowest BCUT2D eigenvalue weighted by Gasteiger charge is -2.10. The summed E-state index contributed by atoms with van der Waals surface area (Å²) in [4.78, 5) is 24.1. The summed E-state index contributed by atoms with van der Waals surface area (Å²) >= 11 is 0. The van der Waals surface area contributed by atoms with E-state index >= 15 is 0 Å². The molecule has 3 aromatic carbocycles. The molecule has 31 heavy (non-hydrogen) atoms. The van der Waals surface area contributed by atoms with E-state index in [1.54, 1.807) is 24.3 Å². The van der Waals surface area contributed by atoms with Crippen molar-refractivity contribution in [3.8, 4) is 5.75 Å². The van der Waals surface area contributed by atoms with Crippen molar-refractivity contribution in [1.29, 1.82) is 0 Å². The Morgan fingerprint density at radius 1 is 0.839 bits per heavy atom. The van der Waals surface area contributed by atoms with E-state index in [1.807, 2.05) is 61.5 Å². The molecule has 2 amide bonds. The van der Waals surface area contributed by atoms with Gasteiger partial charge in [-0.25, -0.2) is 0 Å². The second kappa shape index (κ2) is 11.4. The number of carbonyl (C=O) groups excluding carboxylic acids is 2. The average molecular weight is 418 g/mol. The van der Waals surface area contributed by atoms with Crippen molar-refractivity contribution in [1.82, 2.24) is 5.32 Å². The number of benzene rings is 3. The molecule has 0 aromatic heterocycles. The Hall–Kier alpha value is -3.80. The Balaban J connectivity index is 1.42. The molecule has 0 aliphatic carbocycles. The van der Waals surface area contributed by atoms with Crippen LogP contribution in [-0.2, 0) is 11.4 Å². The summed E-state index contributed by atoms with van der Waals surface area (Å²) in [7, 11) is 0. The van der Waals surface area contributed by atoms with Gasteiger partial charge in [0.05, 0.1) is 6.54 Å². The average Bonchev–Trinajstić information content (AvgIpc) is 2.82. The summed E-state index contributed by atoms with van der Waals surface area (Å²) < 4.78 is 5.75. The Morgan fingerprint density at radius 3 is 2.19 bits per heavy atom. The molecule has 6 nitrogen and oxygen atoms in total. The van der Waals surface area contributed by atoms with Crippen molar-refractivity contribution >= 4 is 23.2 Å². The van der Waals surface area contributed by atoms with E-state index < -0.39 is 0 Å². The second-order valence-corrected chi connectivity index (χ2v) is 7.03. The third kappa shape index (κ3) is 7.19. The Bertz CT molecular complexity index is 971. The van der Waals surface area contributed by atoms with Gasteiger partial charge in [-0.15, -0.1) is 0 Å². The molecule has 0 heterocycles. The van der Waals surface area contributed by atoms with Crippen LogP contribution in [0.4, 0.5) is 11.4 Å². The predicted octanol–water partition coefficient (Wildman–Crippen LogP) is 4.46. The number of ether oxygens (including phenoxy) is 1. The number of rotatable bonds is 10. The van der Waals surface area contributed by atoms with Crippen LogP contribution in [0.3, 0.4) is 0 Å². The highest BCUT2D eigenvalue weighted by Gasteiger charge is 2.06. The number of hydrogen-bond donors (Lipinski definition) is 3. The highest BCUT2D eigenvalue weighted by Crippen LogP contribution is 2.17. The maximum Gasteiger partial charge on any atom is 0.251 e. The first kappa shape index (κ1) is 21.9. The van der Waals surface area contributed by atoms with Gasteiger partial charge in [-0.3, -0.25) is 9.59 Å². The fourth-order valence-corrected chi connectivity index (χ4v) is 2.84. The molecule has 160 valence electrons. The Labute approximate surface area is 182 Å². The van der Waals surface area contributed by atoms with Crippen LogP contribution in [-0.4, -0.2) is 24.9 Å². The molecule has 0 fully saturated rings. The van der Waals surface area contributed by atoms with E-state index in [0.717, 1.165) is 23.4 Å². The van der Waals surface area contributed by atoms with Crippen LogP contribution in [0, 0.1) is 0 Å². The minimum Gasteiger partial charge on any atom is -0.489 e. The molecule has 0 saturated carbocycles. The smallest absolute Gasteiger partial charge is 0.251 e. The van der Waals surface area contributed by atoms with Crippen LogP contribution >= 0.6 is 0 Å². The summed E-state index contributed by atoms with van der Waals surface area (Å²) in [5, 5.41) is 8.73. The summed E-state index contributed by atoms with van der Waals surface area (Å²) in [6.45, 7) is 3.27. The van der Waals surface area contributed by atoms with Crippen molar-refractivity contribution in [2.24, 2.45) is 0 Å². The zero-order chi connectivity index (χ0) is 21.9. The first-order valence-electron chi connectivity index (χ1n) is 10.3. The molecule has 0 saturated heterocycles. The Kier molecular flexibility index (Phi) is 8.05. The summed E-state index contributed by atoms with van der Waals surface area (Å²) in [5.74, 6) is 0.480. The molecule has 3 aromatic rings. The predicted molar refractivity (Wildman–Crippen MR) is 123 cm³/mol. The van der Waals surface area contributed by atoms with E-state index in [9.17, 15) is 9.59 Å². The quantitative estimate of drug-likeness (QED) is 0.455. The van der Waals surface area contributed by atoms with E-state index in [-0.39, 0.29) is 18.4 Å². The molecule has 0 aliphatic heterocycles. The van der Waals surface area contributed by atoms with Crippen LogP contribution in [0.1, 0.15) is 29.3 Å². The summed E-state index contributed by atoms with van der Waals surface area (Å²) in [6.07, 6.45) is 0.893. The van der Waals surface area contributed by atoms with Crippen LogP contribution < -0.4 is 20.7 Å². The number of carbonyl (C=O) groups is 2. The maximum atomic E-state index is 12.2. The van der Waals surface area contributed by atoms with E-state index in [2.05, 4.69) is 16.0 Å². The van der Waals surface area contributed by atoms with Gasteiger partial charge in [0.15, 0.2) is 0 Å². The van der Waals surface area contributed by atoms with Crippen molar-refractivity contribution < 1.29 is 14.3 Å². The number of nitrogens with one attached hydrogen (secondary N) is 3. The van der Waals surface area contributed by atoms with Crippen LogP contribution in [0.2, 0.25) is 0 Å². The minimum absolute atomic E-state index is 0.0951. The summed E-state index contributed by atoms with van der Waals surface area (Å²) in [6, 6.07) is 24.3. The van der Waals surface area contributed by atoms with Crippen molar-refractivity contribution in [2.45, 2.75) is 20.0 Å². The monoisotopic (exact) mass is 417 g/mol. The molecular weight excluding hydrogens is 390 g/mol. The van der Waals surface area contributed by atoms with Crippen LogP contribution in [0.5, 0.6) is 5.75 Å². The van der Waals surface area contributed by atoms with E-state index in [4.69, 9.17) is 4.74 Å². The minimum atomic E-state index is -0.164. The summed E-state index contributed by atoms with van der Waals surface area (Å²) in [5.41, 5.74) is 3.16. The second-order valence-electron chi connectivity index (χ2n) is 7.03. The fraction of sp³-hybridized carbons (Fsp3) is 0.200. The highest BCUT2D eigenvalue weighted by atomic mass is 16.5. The SMILES string of the molecule is CCCNC(=O)c1ccc(NCC(=O)Nc2ccc(OCc3ccccc3)cc2)cc1. The number of amides is 2. The van der Waals surface area contributed by atoms with Crippen LogP contribution in [0.25, 0.3) is 0 Å². The van der Waals surface area contributed by atoms with Gasteiger partial charge in [0.2, 0.25) is 5.91 Å². The lowest BCUT2D eigenvalue weighted by molar-refractivity contribution is -0.114. The lowest BCUT2D eigenvalue weighted by Crippen LogP contribution is -2.24. The molecular formula is C25H27N3O3. The lowest BCUT2D eigenvalue weighted by atomic mass is 10.2. The molecule has 0 spiro atoms. The van der Waals surface area contributed by atoms with Crippen molar-refractivity contribution in [3.63, 3.8) is 0 Å². The zero-order valence-electron chi connectivity index (χ0n) is 17.6. The van der Waals surface area contributed by atoms with Crippen LogP contribution in [0.15, 0.2) is 78.9 Å². The van der Waals surface area contributed by atoms with Crippen molar-refractivity contribution in [2.75, 3.05) is 23.7 Å². The van der Waals surface area contributed by atoms with Gasteiger partial charge in [0.1, 0.15) is 12.4 Å². The maximum absolute atomic E-state index is 12.2.